The number of pyridine rings is 1. The molecule has 0 bridgehead atoms. The highest BCUT2D eigenvalue weighted by Crippen LogP contribution is 2.20. The van der Waals surface area contributed by atoms with Gasteiger partial charge in [0.2, 0.25) is 0 Å². The number of amides is 1. The molecule has 2 aromatic rings. The van der Waals surface area contributed by atoms with E-state index in [0.717, 1.165) is 5.69 Å². The molecule has 2 aromatic heterocycles. The Balaban J connectivity index is 2.14. The quantitative estimate of drug-likeness (QED) is 0.836. The van der Waals surface area contributed by atoms with E-state index in [1.807, 2.05) is 19.1 Å². The Morgan fingerprint density at radius 3 is 2.81 bits per heavy atom. The number of aryl methyl sites for hydroxylation is 1. The van der Waals surface area contributed by atoms with Gasteiger partial charge in [0.25, 0.3) is 5.91 Å². The zero-order chi connectivity index (χ0) is 11.5. The number of rotatable bonds is 2. The van der Waals surface area contributed by atoms with Crippen molar-refractivity contribution in [1.29, 1.82) is 0 Å². The van der Waals surface area contributed by atoms with E-state index in [9.17, 15) is 4.79 Å². The predicted molar refractivity (Wildman–Crippen MR) is 65.7 cm³/mol. The van der Waals surface area contributed by atoms with E-state index in [-0.39, 0.29) is 5.91 Å². The fraction of sp³-hybridized carbons (Fsp3) is 0.0909. The van der Waals surface area contributed by atoms with E-state index >= 15 is 0 Å². The highest BCUT2D eigenvalue weighted by molar-refractivity contribution is 7.12. The highest BCUT2D eigenvalue weighted by atomic mass is 32.1. The number of hydrogen-bond donors (Lipinski definition) is 2. The normalized spacial score (nSPS) is 10.1. The van der Waals surface area contributed by atoms with Gasteiger partial charge in [-0.05, 0) is 30.5 Å². The molecule has 0 aromatic carbocycles. The lowest BCUT2D eigenvalue weighted by atomic mass is 10.3. The van der Waals surface area contributed by atoms with Crippen LogP contribution in [0.1, 0.15) is 15.4 Å². The molecule has 5 heteroatoms. The fourth-order valence-corrected chi connectivity index (χ4v) is 1.95. The van der Waals surface area contributed by atoms with Gasteiger partial charge < -0.3 is 11.1 Å². The zero-order valence-electron chi connectivity index (χ0n) is 8.73. The average molecular weight is 233 g/mol. The zero-order valence-corrected chi connectivity index (χ0v) is 9.54. The van der Waals surface area contributed by atoms with Crippen molar-refractivity contribution < 1.29 is 4.79 Å². The van der Waals surface area contributed by atoms with E-state index in [4.69, 9.17) is 5.73 Å². The summed E-state index contributed by atoms with van der Waals surface area (Å²) in [7, 11) is 0. The molecule has 0 unspecified atom stereocenters. The molecule has 1 amide bonds. The molecule has 2 rings (SSSR count). The maximum Gasteiger partial charge on any atom is 0.267 e. The van der Waals surface area contributed by atoms with Crippen molar-refractivity contribution in [2.24, 2.45) is 0 Å². The van der Waals surface area contributed by atoms with Crippen LogP contribution in [0.15, 0.2) is 29.8 Å². The lowest BCUT2D eigenvalue weighted by molar-refractivity contribution is 0.103. The molecule has 3 N–H and O–H groups in total. The van der Waals surface area contributed by atoms with Gasteiger partial charge in [-0.3, -0.25) is 9.78 Å². The standard InChI is InChI=1S/C11H11N3OS/c1-7-2-3-8(6-13-7)14-11(15)10-9(12)4-5-16-10/h2-6H,12H2,1H3,(H,14,15). The number of nitrogens with two attached hydrogens (primary N) is 1. The first-order chi connectivity index (χ1) is 7.66. The van der Waals surface area contributed by atoms with Gasteiger partial charge in [-0.1, -0.05) is 0 Å². The summed E-state index contributed by atoms with van der Waals surface area (Å²) in [4.78, 5) is 16.4. The van der Waals surface area contributed by atoms with Crippen molar-refractivity contribution >= 4 is 28.6 Å². The van der Waals surface area contributed by atoms with Crippen LogP contribution in [-0.4, -0.2) is 10.9 Å². The van der Waals surface area contributed by atoms with E-state index < -0.39 is 0 Å². The molecule has 2 heterocycles. The summed E-state index contributed by atoms with van der Waals surface area (Å²) in [5.74, 6) is -0.196. The van der Waals surface area contributed by atoms with Crippen LogP contribution in [0.5, 0.6) is 0 Å². The summed E-state index contributed by atoms with van der Waals surface area (Å²) in [6, 6.07) is 5.37. The second-order valence-electron chi connectivity index (χ2n) is 3.35. The molecule has 4 nitrogen and oxygen atoms in total. The van der Waals surface area contributed by atoms with E-state index in [0.29, 0.717) is 16.3 Å². The molecule has 0 fully saturated rings. The number of aromatic nitrogens is 1. The minimum atomic E-state index is -0.196. The summed E-state index contributed by atoms with van der Waals surface area (Å²) in [5.41, 5.74) is 7.74. The van der Waals surface area contributed by atoms with Gasteiger partial charge >= 0.3 is 0 Å². The molecule has 0 spiro atoms. The van der Waals surface area contributed by atoms with E-state index in [1.54, 1.807) is 17.6 Å². The number of anilines is 2. The fourth-order valence-electron chi connectivity index (χ4n) is 1.23. The van der Waals surface area contributed by atoms with Crippen molar-refractivity contribution in [3.05, 3.63) is 40.3 Å². The Kier molecular flexibility index (Phi) is 2.87. The summed E-state index contributed by atoms with van der Waals surface area (Å²) in [6.45, 7) is 1.89. The minimum absolute atomic E-state index is 0.196. The van der Waals surface area contributed by atoms with Gasteiger partial charge in [0, 0.05) is 5.69 Å². The van der Waals surface area contributed by atoms with E-state index in [1.165, 1.54) is 11.3 Å². The maximum absolute atomic E-state index is 11.8. The van der Waals surface area contributed by atoms with Gasteiger partial charge in [0.05, 0.1) is 17.6 Å². The largest absolute Gasteiger partial charge is 0.397 e. The Hall–Kier alpha value is -1.88. The van der Waals surface area contributed by atoms with Gasteiger partial charge in [-0.15, -0.1) is 11.3 Å². The summed E-state index contributed by atoms with van der Waals surface area (Å²) < 4.78 is 0. The second kappa shape index (κ2) is 4.32. The molecule has 0 atom stereocenters. The van der Waals surface area contributed by atoms with Crippen molar-refractivity contribution in [3.63, 3.8) is 0 Å². The van der Waals surface area contributed by atoms with Gasteiger partial charge in [-0.25, -0.2) is 0 Å². The predicted octanol–water partition coefficient (Wildman–Crippen LogP) is 2.29. The molecular weight excluding hydrogens is 222 g/mol. The van der Waals surface area contributed by atoms with Crippen LogP contribution < -0.4 is 11.1 Å². The first-order valence-electron chi connectivity index (χ1n) is 4.74. The van der Waals surface area contributed by atoms with Crippen LogP contribution in [0.25, 0.3) is 0 Å². The summed E-state index contributed by atoms with van der Waals surface area (Å²) in [6.07, 6.45) is 1.62. The second-order valence-corrected chi connectivity index (χ2v) is 4.26. The SMILES string of the molecule is Cc1ccc(NC(=O)c2sccc2N)cn1. The van der Waals surface area contributed by atoms with Crippen LogP contribution in [-0.2, 0) is 0 Å². The summed E-state index contributed by atoms with van der Waals surface area (Å²) in [5, 5.41) is 4.53. The third-order valence-corrected chi connectivity index (χ3v) is 3.00. The minimum Gasteiger partial charge on any atom is -0.397 e. The molecule has 0 aliphatic heterocycles. The molecule has 0 aliphatic rings. The topological polar surface area (TPSA) is 68.0 Å². The highest BCUT2D eigenvalue weighted by Gasteiger charge is 2.10. The van der Waals surface area contributed by atoms with Crippen LogP contribution in [0.4, 0.5) is 11.4 Å². The number of carbonyl (C=O) groups excluding carboxylic acids is 1. The maximum atomic E-state index is 11.8. The first-order valence-corrected chi connectivity index (χ1v) is 5.62. The van der Waals surface area contributed by atoms with Crippen LogP contribution in [0.3, 0.4) is 0 Å². The number of nitrogen functional groups attached to an aromatic ring is 1. The average Bonchev–Trinajstić information content (AvgIpc) is 2.68. The molecule has 0 saturated heterocycles. The molecule has 16 heavy (non-hydrogen) atoms. The number of thiophene rings is 1. The first kappa shape index (κ1) is 10.6. The molecule has 82 valence electrons. The molecular formula is C11H11N3OS. The molecule has 0 aliphatic carbocycles. The van der Waals surface area contributed by atoms with Crippen molar-refractivity contribution in [2.45, 2.75) is 6.92 Å². The monoisotopic (exact) mass is 233 g/mol. The Bertz CT molecular complexity index is 504. The van der Waals surface area contributed by atoms with Crippen molar-refractivity contribution in [1.82, 2.24) is 4.98 Å². The number of nitrogens with zero attached hydrogens (tertiary/aromatic N) is 1. The third kappa shape index (κ3) is 2.20. The van der Waals surface area contributed by atoms with Gasteiger partial charge in [0.1, 0.15) is 4.88 Å². The lowest BCUT2D eigenvalue weighted by Crippen LogP contribution is -2.12. The number of carbonyl (C=O) groups is 1. The van der Waals surface area contributed by atoms with Crippen LogP contribution >= 0.6 is 11.3 Å². The van der Waals surface area contributed by atoms with Gasteiger partial charge in [0.15, 0.2) is 0 Å². The Morgan fingerprint density at radius 1 is 1.44 bits per heavy atom. The van der Waals surface area contributed by atoms with E-state index in [2.05, 4.69) is 10.3 Å². The smallest absolute Gasteiger partial charge is 0.267 e. The summed E-state index contributed by atoms with van der Waals surface area (Å²) >= 11 is 1.32. The molecule has 0 saturated carbocycles. The Labute approximate surface area is 97.1 Å². The number of hydrogen-bond acceptors (Lipinski definition) is 4. The van der Waals surface area contributed by atoms with Crippen molar-refractivity contribution in [2.75, 3.05) is 11.1 Å². The van der Waals surface area contributed by atoms with Crippen LogP contribution in [0.2, 0.25) is 0 Å². The van der Waals surface area contributed by atoms with Crippen molar-refractivity contribution in [3.8, 4) is 0 Å². The number of nitrogens with one attached hydrogen (secondary N) is 1. The Morgan fingerprint density at radius 2 is 2.25 bits per heavy atom. The third-order valence-electron chi connectivity index (χ3n) is 2.07. The van der Waals surface area contributed by atoms with Gasteiger partial charge in [-0.2, -0.15) is 0 Å². The van der Waals surface area contributed by atoms with Crippen LogP contribution in [0, 0.1) is 6.92 Å². The lowest BCUT2D eigenvalue weighted by Gasteiger charge is -2.03. The molecule has 0 radical (unpaired) electrons.